The zero-order valence-corrected chi connectivity index (χ0v) is 12.9. The highest BCUT2D eigenvalue weighted by atomic mass is 16.3. The number of para-hydroxylation sites is 1. The molecule has 0 saturated carbocycles. The molecule has 5 aromatic rings. The third kappa shape index (κ3) is 2.02. The van der Waals surface area contributed by atoms with E-state index in [1.807, 2.05) is 48.7 Å². The molecule has 5 rings (SSSR count). The summed E-state index contributed by atoms with van der Waals surface area (Å²) in [5.41, 5.74) is 2.75. The summed E-state index contributed by atoms with van der Waals surface area (Å²) in [5.74, 6) is 0.851. The molecule has 2 aromatic heterocycles. The van der Waals surface area contributed by atoms with Crippen LogP contribution in [-0.4, -0.2) is 4.98 Å². The molecule has 0 amide bonds. The van der Waals surface area contributed by atoms with Gasteiger partial charge in [-0.05, 0) is 29.7 Å². The smallest absolute Gasteiger partial charge is 0.138 e. The van der Waals surface area contributed by atoms with Crippen molar-refractivity contribution in [2.24, 2.45) is 0 Å². The number of hydrogen-bond donors (Lipinski definition) is 1. The van der Waals surface area contributed by atoms with E-state index in [1.165, 1.54) is 5.39 Å². The van der Waals surface area contributed by atoms with Gasteiger partial charge in [-0.15, -0.1) is 0 Å². The molecular formula is C21H14N2O. The van der Waals surface area contributed by atoms with Crippen molar-refractivity contribution < 1.29 is 4.42 Å². The molecule has 0 atom stereocenters. The second kappa shape index (κ2) is 5.10. The maximum absolute atomic E-state index is 5.96. The summed E-state index contributed by atoms with van der Waals surface area (Å²) in [6.45, 7) is 0. The minimum Gasteiger partial charge on any atom is -0.456 e. The number of pyridine rings is 1. The molecule has 0 radical (unpaired) electrons. The van der Waals surface area contributed by atoms with Gasteiger partial charge in [-0.1, -0.05) is 42.5 Å². The first kappa shape index (κ1) is 13.1. The fraction of sp³-hybridized carbons (Fsp3) is 0. The first-order valence-electron chi connectivity index (χ1n) is 7.90. The van der Waals surface area contributed by atoms with Crippen LogP contribution in [0.15, 0.2) is 83.4 Å². The SMILES string of the molecule is c1ccc2c(Nc3ccc4c(c3)oc3ccccc34)nccc2c1. The van der Waals surface area contributed by atoms with Gasteiger partial charge in [0, 0.05) is 34.1 Å². The van der Waals surface area contributed by atoms with E-state index in [9.17, 15) is 0 Å². The van der Waals surface area contributed by atoms with Crippen molar-refractivity contribution in [2.75, 3.05) is 5.32 Å². The Morgan fingerprint density at radius 3 is 2.46 bits per heavy atom. The van der Waals surface area contributed by atoms with Crippen LogP contribution >= 0.6 is 0 Å². The van der Waals surface area contributed by atoms with E-state index in [0.29, 0.717) is 0 Å². The first-order chi connectivity index (χ1) is 11.9. The largest absolute Gasteiger partial charge is 0.456 e. The highest BCUT2D eigenvalue weighted by Gasteiger charge is 2.08. The lowest BCUT2D eigenvalue weighted by atomic mass is 10.1. The third-order valence-electron chi connectivity index (χ3n) is 4.32. The van der Waals surface area contributed by atoms with Gasteiger partial charge in [-0.25, -0.2) is 4.98 Å². The predicted octanol–water partition coefficient (Wildman–Crippen LogP) is 5.88. The summed E-state index contributed by atoms with van der Waals surface area (Å²) in [4.78, 5) is 4.48. The zero-order chi connectivity index (χ0) is 15.9. The number of nitrogens with zero attached hydrogens (tertiary/aromatic N) is 1. The molecule has 114 valence electrons. The van der Waals surface area contributed by atoms with E-state index < -0.39 is 0 Å². The monoisotopic (exact) mass is 310 g/mol. The zero-order valence-electron chi connectivity index (χ0n) is 12.9. The first-order valence-corrected chi connectivity index (χ1v) is 7.90. The van der Waals surface area contributed by atoms with E-state index in [1.54, 1.807) is 0 Å². The van der Waals surface area contributed by atoms with Gasteiger partial charge in [0.25, 0.3) is 0 Å². The second-order valence-electron chi connectivity index (χ2n) is 5.81. The van der Waals surface area contributed by atoms with Crippen LogP contribution in [0, 0.1) is 0 Å². The number of aromatic nitrogens is 1. The van der Waals surface area contributed by atoms with Crippen LogP contribution < -0.4 is 5.32 Å². The van der Waals surface area contributed by atoms with Crippen LogP contribution in [0.2, 0.25) is 0 Å². The van der Waals surface area contributed by atoms with Crippen molar-refractivity contribution in [3.8, 4) is 0 Å². The van der Waals surface area contributed by atoms with Gasteiger partial charge in [0.05, 0.1) is 0 Å². The Labute approximate surface area is 138 Å². The summed E-state index contributed by atoms with van der Waals surface area (Å²) in [7, 11) is 0. The Kier molecular flexibility index (Phi) is 2.79. The lowest BCUT2D eigenvalue weighted by Crippen LogP contribution is -1.94. The average Bonchev–Trinajstić information content (AvgIpc) is 3.00. The lowest BCUT2D eigenvalue weighted by molar-refractivity contribution is 0.669. The number of rotatable bonds is 2. The topological polar surface area (TPSA) is 38.1 Å². The Morgan fingerprint density at radius 2 is 1.50 bits per heavy atom. The van der Waals surface area contributed by atoms with E-state index in [2.05, 4.69) is 40.6 Å². The summed E-state index contributed by atoms with van der Waals surface area (Å²) >= 11 is 0. The molecule has 24 heavy (non-hydrogen) atoms. The number of hydrogen-bond acceptors (Lipinski definition) is 3. The van der Waals surface area contributed by atoms with Gasteiger partial charge in [0.15, 0.2) is 0 Å². The van der Waals surface area contributed by atoms with Crippen LogP contribution in [-0.2, 0) is 0 Å². The third-order valence-corrected chi connectivity index (χ3v) is 4.32. The summed E-state index contributed by atoms with van der Waals surface area (Å²) in [6, 6.07) is 24.5. The average molecular weight is 310 g/mol. The van der Waals surface area contributed by atoms with Gasteiger partial charge in [0.1, 0.15) is 17.0 Å². The van der Waals surface area contributed by atoms with E-state index >= 15 is 0 Å². The molecule has 1 N–H and O–H groups in total. The van der Waals surface area contributed by atoms with Crippen molar-refractivity contribution in [1.82, 2.24) is 4.98 Å². The molecule has 0 aliphatic carbocycles. The molecule has 0 aliphatic heterocycles. The van der Waals surface area contributed by atoms with Crippen molar-refractivity contribution >= 4 is 44.2 Å². The van der Waals surface area contributed by atoms with Gasteiger partial charge in [-0.3, -0.25) is 0 Å². The molecule has 3 nitrogen and oxygen atoms in total. The molecule has 0 bridgehead atoms. The van der Waals surface area contributed by atoms with Crippen molar-refractivity contribution in [3.05, 3.63) is 79.0 Å². The molecule has 0 saturated heterocycles. The maximum Gasteiger partial charge on any atom is 0.138 e. The fourth-order valence-corrected chi connectivity index (χ4v) is 3.16. The number of fused-ring (bicyclic) bond motifs is 4. The van der Waals surface area contributed by atoms with Crippen molar-refractivity contribution in [1.29, 1.82) is 0 Å². The highest BCUT2D eigenvalue weighted by molar-refractivity contribution is 6.06. The number of nitrogens with one attached hydrogen (secondary N) is 1. The normalized spacial score (nSPS) is 11.3. The van der Waals surface area contributed by atoms with Crippen LogP contribution in [0.25, 0.3) is 32.7 Å². The maximum atomic E-state index is 5.96. The summed E-state index contributed by atoms with van der Waals surface area (Å²) in [6.07, 6.45) is 1.82. The Balaban J connectivity index is 1.62. The Morgan fingerprint density at radius 1 is 0.708 bits per heavy atom. The van der Waals surface area contributed by atoms with E-state index in [0.717, 1.165) is 38.8 Å². The van der Waals surface area contributed by atoms with Crippen molar-refractivity contribution in [3.63, 3.8) is 0 Å². The standard InChI is InChI=1S/C21H14N2O/c1-2-6-16-14(5-1)11-12-22-21(16)23-15-9-10-18-17-7-3-4-8-19(17)24-20(18)13-15/h1-13H,(H,22,23). The van der Waals surface area contributed by atoms with E-state index in [4.69, 9.17) is 4.42 Å². The van der Waals surface area contributed by atoms with Gasteiger partial charge < -0.3 is 9.73 Å². The molecule has 3 heteroatoms. The Bertz CT molecular complexity index is 1180. The fourth-order valence-electron chi connectivity index (χ4n) is 3.16. The number of anilines is 2. The van der Waals surface area contributed by atoms with Crippen molar-refractivity contribution in [2.45, 2.75) is 0 Å². The van der Waals surface area contributed by atoms with Crippen LogP contribution in [0.3, 0.4) is 0 Å². The van der Waals surface area contributed by atoms with E-state index in [-0.39, 0.29) is 0 Å². The molecule has 3 aromatic carbocycles. The molecule has 0 fully saturated rings. The van der Waals surface area contributed by atoms with Gasteiger partial charge >= 0.3 is 0 Å². The Hall–Kier alpha value is -3.33. The summed E-state index contributed by atoms with van der Waals surface area (Å²) < 4.78 is 5.96. The molecule has 2 heterocycles. The highest BCUT2D eigenvalue weighted by Crippen LogP contribution is 2.32. The van der Waals surface area contributed by atoms with Crippen LogP contribution in [0.4, 0.5) is 11.5 Å². The number of benzene rings is 3. The minimum absolute atomic E-state index is 0.851. The van der Waals surface area contributed by atoms with Crippen LogP contribution in [0.5, 0.6) is 0 Å². The predicted molar refractivity (Wildman–Crippen MR) is 98.7 cm³/mol. The van der Waals surface area contributed by atoms with Gasteiger partial charge in [0.2, 0.25) is 0 Å². The number of furan rings is 1. The van der Waals surface area contributed by atoms with Gasteiger partial charge in [-0.2, -0.15) is 0 Å². The molecule has 0 spiro atoms. The summed E-state index contributed by atoms with van der Waals surface area (Å²) in [5, 5.41) is 7.95. The minimum atomic E-state index is 0.851. The quantitative estimate of drug-likeness (QED) is 0.442. The molecular weight excluding hydrogens is 296 g/mol. The molecule has 0 unspecified atom stereocenters. The lowest BCUT2D eigenvalue weighted by Gasteiger charge is -2.08. The molecule has 0 aliphatic rings. The van der Waals surface area contributed by atoms with Crippen LogP contribution in [0.1, 0.15) is 0 Å². The second-order valence-corrected chi connectivity index (χ2v) is 5.81.